The van der Waals surface area contributed by atoms with Crippen LogP contribution in [0.2, 0.25) is 0 Å². The molecular weight excluding hydrogens is 403 g/mol. The monoisotopic (exact) mass is 434 g/mol. The molecule has 4 atom stereocenters. The molecule has 3 fully saturated rings. The van der Waals surface area contributed by atoms with Gasteiger partial charge in [0, 0.05) is 25.2 Å². The minimum atomic E-state index is -0.802. The molecule has 4 rings (SSSR count). The van der Waals surface area contributed by atoms with Crippen LogP contribution in [0.3, 0.4) is 0 Å². The Morgan fingerprint density at radius 2 is 1.81 bits per heavy atom. The lowest BCUT2D eigenvalue weighted by Gasteiger charge is -2.44. The van der Waals surface area contributed by atoms with Crippen LogP contribution in [0.5, 0.6) is 0 Å². The molecule has 1 aromatic rings. The first-order valence-corrected chi connectivity index (χ1v) is 11.3. The van der Waals surface area contributed by atoms with E-state index in [0.717, 1.165) is 25.9 Å². The Hall–Kier alpha value is -2.03. The van der Waals surface area contributed by atoms with Gasteiger partial charge in [-0.3, -0.25) is 9.59 Å². The molecule has 0 saturated carbocycles. The lowest BCUT2D eigenvalue weighted by atomic mass is 9.94. The molecule has 2 amide bonds. The topological polar surface area (TPSA) is 79.3 Å². The Morgan fingerprint density at radius 1 is 1.06 bits per heavy atom. The van der Waals surface area contributed by atoms with Crippen LogP contribution in [-0.2, 0) is 14.3 Å². The Balaban J connectivity index is 1.44. The highest BCUT2D eigenvalue weighted by Crippen LogP contribution is 2.29. The Morgan fingerprint density at radius 3 is 2.55 bits per heavy atom. The van der Waals surface area contributed by atoms with E-state index in [1.807, 2.05) is 4.90 Å². The van der Waals surface area contributed by atoms with Gasteiger partial charge in [-0.25, -0.2) is 4.39 Å². The minimum absolute atomic E-state index is 0.108. The van der Waals surface area contributed by atoms with Crippen LogP contribution in [0.1, 0.15) is 48.9 Å². The zero-order chi connectivity index (χ0) is 21.8. The van der Waals surface area contributed by atoms with E-state index in [1.165, 1.54) is 30.7 Å². The van der Waals surface area contributed by atoms with Gasteiger partial charge in [-0.2, -0.15) is 0 Å². The molecule has 3 aliphatic heterocycles. The molecule has 7 nitrogen and oxygen atoms in total. The number of aliphatic hydroxyl groups is 1. The second kappa shape index (κ2) is 10.1. The number of aliphatic hydroxyl groups excluding tert-OH is 1. The van der Waals surface area contributed by atoms with E-state index in [0.29, 0.717) is 24.8 Å². The summed E-state index contributed by atoms with van der Waals surface area (Å²) >= 11 is 0. The number of halogens is 1. The Kier molecular flexibility index (Phi) is 7.20. The fourth-order valence-corrected chi connectivity index (χ4v) is 4.80. The third-order valence-electron chi connectivity index (χ3n) is 6.44. The maximum Gasteiger partial charge on any atom is 0.254 e. The molecule has 0 aliphatic carbocycles. The smallest absolute Gasteiger partial charge is 0.254 e. The molecule has 31 heavy (non-hydrogen) atoms. The number of hydrogen-bond acceptors (Lipinski definition) is 5. The molecule has 0 bridgehead atoms. The first-order valence-electron chi connectivity index (χ1n) is 11.3. The van der Waals surface area contributed by atoms with Gasteiger partial charge in [-0.15, -0.1) is 0 Å². The summed E-state index contributed by atoms with van der Waals surface area (Å²) in [7, 11) is 0. The van der Waals surface area contributed by atoms with Crippen LogP contribution in [-0.4, -0.2) is 83.9 Å². The molecule has 0 aromatic heterocycles. The molecule has 0 radical (unpaired) electrons. The number of carbonyl (C=O) groups excluding carboxylic acids is 2. The quantitative estimate of drug-likeness (QED) is 0.787. The van der Waals surface area contributed by atoms with Gasteiger partial charge in [0.1, 0.15) is 11.9 Å². The number of hydrogen-bond donors (Lipinski definition) is 1. The van der Waals surface area contributed by atoms with Crippen LogP contribution < -0.4 is 0 Å². The standard InChI is InChI=1S/C23H31FN2O5/c24-17-6-4-16(5-7-17)23(29)26-13-18(27)14-30-15-21-20(26)9-8-19(31-21)12-22(28)25-10-2-1-3-11-25/h4-7,18-21,27H,1-3,8-15H2/t18-,19-,20-,21+/m0/s1. The molecule has 3 saturated heterocycles. The van der Waals surface area contributed by atoms with Gasteiger partial charge in [0.2, 0.25) is 5.91 Å². The summed E-state index contributed by atoms with van der Waals surface area (Å²) in [5.41, 5.74) is 0.372. The summed E-state index contributed by atoms with van der Waals surface area (Å²) in [6.07, 6.45) is 3.57. The predicted molar refractivity (Wildman–Crippen MR) is 111 cm³/mol. The summed E-state index contributed by atoms with van der Waals surface area (Å²) in [5, 5.41) is 10.3. The zero-order valence-electron chi connectivity index (χ0n) is 17.7. The first-order chi connectivity index (χ1) is 15.0. The van der Waals surface area contributed by atoms with Crippen LogP contribution >= 0.6 is 0 Å². The average molecular weight is 435 g/mol. The van der Waals surface area contributed by atoms with Crippen LogP contribution in [0.4, 0.5) is 4.39 Å². The molecule has 1 N–H and O–H groups in total. The van der Waals surface area contributed by atoms with E-state index in [-0.39, 0.29) is 49.8 Å². The highest BCUT2D eigenvalue weighted by atomic mass is 19.1. The molecule has 3 heterocycles. The van der Waals surface area contributed by atoms with Gasteiger partial charge in [0.15, 0.2) is 0 Å². The maximum absolute atomic E-state index is 13.3. The molecule has 3 aliphatic rings. The normalized spacial score (nSPS) is 29.6. The van der Waals surface area contributed by atoms with E-state index < -0.39 is 11.9 Å². The van der Waals surface area contributed by atoms with Gasteiger partial charge >= 0.3 is 0 Å². The maximum atomic E-state index is 13.3. The van der Waals surface area contributed by atoms with Gasteiger partial charge in [0.25, 0.3) is 5.91 Å². The summed E-state index contributed by atoms with van der Waals surface area (Å²) in [5.74, 6) is -0.537. The van der Waals surface area contributed by atoms with Gasteiger partial charge in [-0.1, -0.05) is 0 Å². The molecule has 170 valence electrons. The SMILES string of the molecule is O=C(C[C@@H]1CC[C@H]2[C@@H](COC[C@@H](O)CN2C(=O)c2ccc(F)cc2)O1)N1CCCCC1. The number of β-amino-alcohol motifs (C(OH)–C–C–N with tert-alkyl or cyclic N) is 1. The molecule has 1 aromatic carbocycles. The number of piperidine rings is 1. The zero-order valence-corrected chi connectivity index (χ0v) is 17.7. The van der Waals surface area contributed by atoms with Crippen molar-refractivity contribution in [2.75, 3.05) is 32.8 Å². The van der Waals surface area contributed by atoms with Gasteiger partial charge < -0.3 is 24.4 Å². The lowest BCUT2D eigenvalue weighted by Crippen LogP contribution is -2.57. The highest BCUT2D eigenvalue weighted by Gasteiger charge is 2.40. The Bertz CT molecular complexity index is 768. The number of carbonyl (C=O) groups is 2. The fraction of sp³-hybridized carbons (Fsp3) is 0.652. The molecule has 8 heteroatoms. The summed E-state index contributed by atoms with van der Waals surface area (Å²) in [6, 6.07) is 5.16. The van der Waals surface area contributed by atoms with Crippen molar-refractivity contribution in [3.8, 4) is 0 Å². The van der Waals surface area contributed by atoms with E-state index >= 15 is 0 Å². The van der Waals surface area contributed by atoms with Gasteiger partial charge in [-0.05, 0) is 56.4 Å². The molecule has 0 unspecified atom stereocenters. The van der Waals surface area contributed by atoms with Crippen molar-refractivity contribution in [3.05, 3.63) is 35.6 Å². The van der Waals surface area contributed by atoms with E-state index in [9.17, 15) is 19.1 Å². The van der Waals surface area contributed by atoms with E-state index in [4.69, 9.17) is 9.47 Å². The highest BCUT2D eigenvalue weighted by molar-refractivity contribution is 5.94. The summed E-state index contributed by atoms with van der Waals surface area (Å²) < 4.78 is 25.2. The Labute approximate surface area is 182 Å². The van der Waals surface area contributed by atoms with Crippen LogP contribution in [0, 0.1) is 5.82 Å². The van der Waals surface area contributed by atoms with E-state index in [2.05, 4.69) is 0 Å². The third-order valence-corrected chi connectivity index (χ3v) is 6.44. The number of likely N-dealkylation sites (tertiary alicyclic amines) is 1. The number of nitrogens with zero attached hydrogens (tertiary/aromatic N) is 2. The number of ether oxygens (including phenoxy) is 2. The largest absolute Gasteiger partial charge is 0.389 e. The second-order valence-corrected chi connectivity index (χ2v) is 8.74. The number of amides is 2. The average Bonchev–Trinajstić information content (AvgIpc) is 2.77. The van der Waals surface area contributed by atoms with Crippen molar-refractivity contribution >= 4 is 11.8 Å². The molecule has 0 spiro atoms. The predicted octanol–water partition coefficient (Wildman–Crippen LogP) is 1.98. The number of benzene rings is 1. The van der Waals surface area contributed by atoms with Crippen molar-refractivity contribution < 1.29 is 28.6 Å². The molecular formula is C23H31FN2O5. The van der Waals surface area contributed by atoms with Crippen LogP contribution in [0.25, 0.3) is 0 Å². The third kappa shape index (κ3) is 5.42. The van der Waals surface area contributed by atoms with Crippen molar-refractivity contribution in [1.29, 1.82) is 0 Å². The minimum Gasteiger partial charge on any atom is -0.389 e. The second-order valence-electron chi connectivity index (χ2n) is 8.74. The van der Waals surface area contributed by atoms with Crippen molar-refractivity contribution in [1.82, 2.24) is 9.80 Å². The van der Waals surface area contributed by atoms with Gasteiger partial charge in [0.05, 0.1) is 37.9 Å². The summed E-state index contributed by atoms with van der Waals surface area (Å²) in [6.45, 7) is 2.12. The van der Waals surface area contributed by atoms with Crippen molar-refractivity contribution in [2.24, 2.45) is 0 Å². The number of fused-ring (bicyclic) bond motifs is 1. The summed E-state index contributed by atoms with van der Waals surface area (Å²) in [4.78, 5) is 29.4. The fourth-order valence-electron chi connectivity index (χ4n) is 4.80. The number of rotatable bonds is 3. The first kappa shape index (κ1) is 22.2. The van der Waals surface area contributed by atoms with Crippen LogP contribution in [0.15, 0.2) is 24.3 Å². The van der Waals surface area contributed by atoms with Crippen molar-refractivity contribution in [3.63, 3.8) is 0 Å². The van der Waals surface area contributed by atoms with Crippen molar-refractivity contribution in [2.45, 2.75) is 62.9 Å². The lowest BCUT2D eigenvalue weighted by molar-refractivity contribution is -0.155. The van der Waals surface area contributed by atoms with E-state index in [1.54, 1.807) is 4.90 Å².